The molecule has 0 aliphatic carbocycles. The maximum atomic E-state index is 11.6. The summed E-state index contributed by atoms with van der Waals surface area (Å²) < 4.78 is 5.09. The lowest BCUT2D eigenvalue weighted by molar-refractivity contribution is 0.160. The van der Waals surface area contributed by atoms with Crippen LogP contribution in [0.25, 0.3) is 0 Å². The van der Waals surface area contributed by atoms with Gasteiger partial charge in [0.05, 0.1) is 12.3 Å². The standard InChI is InChI=1S/C14H21NO2/c1-4-6-10-17-14(16)15-13-11(3)8-7-9-12(13)5-2/h7-9H,4-6,10H2,1-3H3,(H,15,16). The highest BCUT2D eigenvalue weighted by Crippen LogP contribution is 2.21. The molecule has 1 rings (SSSR count). The number of aryl methyl sites for hydroxylation is 2. The van der Waals surface area contributed by atoms with Gasteiger partial charge in [0, 0.05) is 0 Å². The molecular weight excluding hydrogens is 214 g/mol. The van der Waals surface area contributed by atoms with Crippen molar-refractivity contribution < 1.29 is 9.53 Å². The molecule has 1 aromatic carbocycles. The third-order valence-electron chi connectivity index (χ3n) is 2.70. The van der Waals surface area contributed by atoms with Crippen LogP contribution < -0.4 is 5.32 Å². The van der Waals surface area contributed by atoms with Gasteiger partial charge >= 0.3 is 6.09 Å². The second kappa shape index (κ2) is 6.94. The average molecular weight is 235 g/mol. The van der Waals surface area contributed by atoms with Crippen LogP contribution in [0.3, 0.4) is 0 Å². The third kappa shape index (κ3) is 4.10. The van der Waals surface area contributed by atoms with Gasteiger partial charge in [0.15, 0.2) is 0 Å². The number of nitrogens with one attached hydrogen (secondary N) is 1. The Morgan fingerprint density at radius 2 is 2.12 bits per heavy atom. The van der Waals surface area contributed by atoms with Gasteiger partial charge in [-0.3, -0.25) is 5.32 Å². The first-order chi connectivity index (χ1) is 8.19. The number of unbranched alkanes of at least 4 members (excludes halogenated alkanes) is 1. The van der Waals surface area contributed by atoms with E-state index in [1.54, 1.807) is 0 Å². The van der Waals surface area contributed by atoms with E-state index in [9.17, 15) is 4.79 Å². The number of rotatable bonds is 5. The van der Waals surface area contributed by atoms with Gasteiger partial charge in [0.2, 0.25) is 0 Å². The van der Waals surface area contributed by atoms with Crippen LogP contribution in [0.2, 0.25) is 0 Å². The number of carbonyl (C=O) groups excluding carboxylic acids is 1. The summed E-state index contributed by atoms with van der Waals surface area (Å²) in [6, 6.07) is 6.01. The Kier molecular flexibility index (Phi) is 5.53. The van der Waals surface area contributed by atoms with Crippen molar-refractivity contribution in [2.45, 2.75) is 40.0 Å². The van der Waals surface area contributed by atoms with Gasteiger partial charge in [-0.1, -0.05) is 38.5 Å². The Labute approximate surface area is 103 Å². The van der Waals surface area contributed by atoms with Crippen LogP contribution in [0.15, 0.2) is 18.2 Å². The molecule has 0 fully saturated rings. The lowest BCUT2D eigenvalue weighted by Crippen LogP contribution is -2.16. The molecule has 3 nitrogen and oxygen atoms in total. The van der Waals surface area contributed by atoms with Gasteiger partial charge in [-0.25, -0.2) is 4.79 Å². The maximum Gasteiger partial charge on any atom is 0.411 e. The fourth-order valence-corrected chi connectivity index (χ4v) is 1.65. The van der Waals surface area contributed by atoms with Crippen molar-refractivity contribution in [2.75, 3.05) is 11.9 Å². The summed E-state index contributed by atoms with van der Waals surface area (Å²) in [6.45, 7) is 6.61. The van der Waals surface area contributed by atoms with E-state index in [4.69, 9.17) is 4.74 Å². The summed E-state index contributed by atoms with van der Waals surface area (Å²) in [4.78, 5) is 11.6. The molecule has 0 saturated carbocycles. The largest absolute Gasteiger partial charge is 0.449 e. The summed E-state index contributed by atoms with van der Waals surface area (Å²) in [5.41, 5.74) is 3.09. The molecule has 94 valence electrons. The Balaban J connectivity index is 2.64. The Morgan fingerprint density at radius 3 is 2.76 bits per heavy atom. The smallest absolute Gasteiger partial charge is 0.411 e. The van der Waals surface area contributed by atoms with Crippen molar-refractivity contribution in [3.8, 4) is 0 Å². The minimum absolute atomic E-state index is 0.359. The molecule has 1 amide bonds. The molecule has 1 aromatic rings. The van der Waals surface area contributed by atoms with E-state index in [0.29, 0.717) is 6.61 Å². The molecule has 3 heteroatoms. The van der Waals surface area contributed by atoms with E-state index >= 15 is 0 Å². The molecule has 0 radical (unpaired) electrons. The number of amides is 1. The first-order valence-corrected chi connectivity index (χ1v) is 6.21. The van der Waals surface area contributed by atoms with Crippen molar-refractivity contribution in [3.63, 3.8) is 0 Å². The van der Waals surface area contributed by atoms with Gasteiger partial charge in [-0.2, -0.15) is 0 Å². The number of hydrogen-bond donors (Lipinski definition) is 1. The van der Waals surface area contributed by atoms with E-state index in [1.807, 2.05) is 25.1 Å². The van der Waals surface area contributed by atoms with Crippen molar-refractivity contribution >= 4 is 11.8 Å². The Hall–Kier alpha value is -1.51. The zero-order chi connectivity index (χ0) is 12.7. The fourth-order valence-electron chi connectivity index (χ4n) is 1.65. The molecule has 1 N–H and O–H groups in total. The second-order valence-corrected chi connectivity index (χ2v) is 4.08. The number of ether oxygens (including phenoxy) is 1. The van der Waals surface area contributed by atoms with E-state index in [0.717, 1.165) is 36.1 Å². The van der Waals surface area contributed by atoms with E-state index in [1.165, 1.54) is 0 Å². The summed E-state index contributed by atoms with van der Waals surface area (Å²) in [7, 11) is 0. The number of hydrogen-bond acceptors (Lipinski definition) is 2. The van der Waals surface area contributed by atoms with Crippen molar-refractivity contribution in [1.29, 1.82) is 0 Å². The lowest BCUT2D eigenvalue weighted by Gasteiger charge is -2.12. The second-order valence-electron chi connectivity index (χ2n) is 4.08. The molecule has 17 heavy (non-hydrogen) atoms. The van der Waals surface area contributed by atoms with Crippen molar-refractivity contribution in [2.24, 2.45) is 0 Å². The SMILES string of the molecule is CCCCOC(=O)Nc1c(C)cccc1CC. The minimum atomic E-state index is -0.359. The van der Waals surface area contributed by atoms with Crippen LogP contribution in [-0.2, 0) is 11.2 Å². The maximum absolute atomic E-state index is 11.6. The summed E-state index contributed by atoms with van der Waals surface area (Å²) in [5, 5.41) is 2.83. The first-order valence-electron chi connectivity index (χ1n) is 6.21. The topological polar surface area (TPSA) is 38.3 Å². The van der Waals surface area contributed by atoms with Crippen LogP contribution in [0.1, 0.15) is 37.8 Å². The molecule has 0 aliphatic heterocycles. The van der Waals surface area contributed by atoms with Gasteiger partial charge < -0.3 is 4.74 Å². The molecule has 0 aromatic heterocycles. The highest BCUT2D eigenvalue weighted by Gasteiger charge is 2.08. The van der Waals surface area contributed by atoms with Gasteiger partial charge in [0.1, 0.15) is 0 Å². The minimum Gasteiger partial charge on any atom is -0.449 e. The predicted molar refractivity (Wildman–Crippen MR) is 70.4 cm³/mol. The predicted octanol–water partition coefficient (Wildman–Crippen LogP) is 3.91. The molecule has 0 saturated heterocycles. The number of anilines is 1. The molecule has 0 spiro atoms. The van der Waals surface area contributed by atoms with Gasteiger partial charge in [-0.15, -0.1) is 0 Å². The number of carbonyl (C=O) groups is 1. The zero-order valence-electron chi connectivity index (χ0n) is 10.9. The molecule has 0 bridgehead atoms. The van der Waals surface area contributed by atoms with Crippen LogP contribution >= 0.6 is 0 Å². The van der Waals surface area contributed by atoms with E-state index in [2.05, 4.69) is 19.2 Å². The number of benzene rings is 1. The quantitative estimate of drug-likeness (QED) is 0.786. The first kappa shape index (κ1) is 13.6. The van der Waals surface area contributed by atoms with Crippen LogP contribution in [-0.4, -0.2) is 12.7 Å². The summed E-state index contributed by atoms with van der Waals surface area (Å²) >= 11 is 0. The van der Waals surface area contributed by atoms with Crippen LogP contribution in [0.5, 0.6) is 0 Å². The van der Waals surface area contributed by atoms with Crippen molar-refractivity contribution in [1.82, 2.24) is 0 Å². The van der Waals surface area contributed by atoms with Crippen molar-refractivity contribution in [3.05, 3.63) is 29.3 Å². The monoisotopic (exact) mass is 235 g/mol. The molecule has 0 atom stereocenters. The third-order valence-corrected chi connectivity index (χ3v) is 2.70. The van der Waals surface area contributed by atoms with E-state index in [-0.39, 0.29) is 6.09 Å². The van der Waals surface area contributed by atoms with Crippen LogP contribution in [0.4, 0.5) is 10.5 Å². The number of para-hydroxylation sites is 1. The molecular formula is C14H21NO2. The normalized spacial score (nSPS) is 10.1. The molecule has 0 unspecified atom stereocenters. The fraction of sp³-hybridized carbons (Fsp3) is 0.500. The Bertz CT molecular complexity index is 374. The zero-order valence-corrected chi connectivity index (χ0v) is 10.9. The van der Waals surface area contributed by atoms with Gasteiger partial charge in [0.25, 0.3) is 0 Å². The van der Waals surface area contributed by atoms with E-state index < -0.39 is 0 Å². The highest BCUT2D eigenvalue weighted by molar-refractivity contribution is 5.86. The highest BCUT2D eigenvalue weighted by atomic mass is 16.5. The Morgan fingerprint density at radius 1 is 1.35 bits per heavy atom. The summed E-state index contributed by atoms with van der Waals surface area (Å²) in [5.74, 6) is 0. The molecule has 0 aliphatic rings. The van der Waals surface area contributed by atoms with Crippen LogP contribution in [0, 0.1) is 6.92 Å². The molecule has 0 heterocycles. The lowest BCUT2D eigenvalue weighted by atomic mass is 10.1. The van der Waals surface area contributed by atoms with Gasteiger partial charge in [-0.05, 0) is 30.9 Å². The summed E-state index contributed by atoms with van der Waals surface area (Å²) in [6.07, 6.45) is 2.47. The average Bonchev–Trinajstić information content (AvgIpc) is 2.32.